The van der Waals surface area contributed by atoms with Gasteiger partial charge in [-0.15, -0.1) is 11.8 Å². The molecular formula is C13H12BrFN2OS2. The molecule has 3 nitrogen and oxygen atoms in total. The smallest absolute Gasteiger partial charge is 0.144 e. The second-order valence-electron chi connectivity index (χ2n) is 3.93. The van der Waals surface area contributed by atoms with Gasteiger partial charge in [-0.05, 0) is 28.1 Å². The highest BCUT2D eigenvalue weighted by Crippen LogP contribution is 2.25. The maximum absolute atomic E-state index is 13.5. The van der Waals surface area contributed by atoms with E-state index in [-0.39, 0.29) is 5.82 Å². The Hall–Kier alpha value is -0.760. The number of hydrogen-bond donors (Lipinski definition) is 1. The minimum absolute atomic E-state index is 0.231. The molecule has 1 heterocycles. The largest absolute Gasteiger partial charge is 0.378 e. The van der Waals surface area contributed by atoms with Crippen LogP contribution < -0.4 is 0 Å². The highest BCUT2D eigenvalue weighted by atomic mass is 79.9. The van der Waals surface area contributed by atoms with Crippen LogP contribution in [0.2, 0.25) is 0 Å². The van der Waals surface area contributed by atoms with E-state index in [1.807, 2.05) is 0 Å². The number of nitrogens with zero attached hydrogens (tertiary/aromatic N) is 1. The Morgan fingerprint density at radius 3 is 2.90 bits per heavy atom. The number of hydrogen-bond acceptors (Lipinski definition) is 4. The fourth-order valence-corrected chi connectivity index (χ4v) is 2.92. The average Bonchev–Trinajstić information content (AvgIpc) is 2.43. The number of benzene rings is 1. The van der Waals surface area contributed by atoms with Crippen LogP contribution in [-0.4, -0.2) is 17.1 Å². The Morgan fingerprint density at radius 1 is 1.45 bits per heavy atom. The summed E-state index contributed by atoms with van der Waals surface area (Å²) in [5, 5.41) is 0. The van der Waals surface area contributed by atoms with Crippen molar-refractivity contribution in [3.8, 4) is 0 Å². The molecule has 2 rings (SSSR count). The van der Waals surface area contributed by atoms with Gasteiger partial charge in [-0.2, -0.15) is 0 Å². The lowest BCUT2D eigenvalue weighted by atomic mass is 10.3. The maximum atomic E-state index is 13.5. The number of thioether (sulfide) groups is 1. The van der Waals surface area contributed by atoms with Gasteiger partial charge in [-0.3, -0.25) is 0 Å². The summed E-state index contributed by atoms with van der Waals surface area (Å²) in [5.41, 5.74) is 0.830. The second kappa shape index (κ2) is 7.31. The summed E-state index contributed by atoms with van der Waals surface area (Å²) >= 11 is 9.93. The Kier molecular flexibility index (Phi) is 5.71. The zero-order valence-electron chi connectivity index (χ0n) is 10.7. The van der Waals surface area contributed by atoms with Crippen LogP contribution in [0.25, 0.3) is 0 Å². The van der Waals surface area contributed by atoms with Crippen molar-refractivity contribution in [2.75, 3.05) is 7.11 Å². The first-order valence-corrected chi connectivity index (χ1v) is 7.94. The third-order valence-corrected chi connectivity index (χ3v) is 4.95. The lowest BCUT2D eigenvalue weighted by Gasteiger charge is -2.08. The summed E-state index contributed by atoms with van der Waals surface area (Å²) in [6.45, 7) is 0.407. The fourth-order valence-electron chi connectivity index (χ4n) is 1.58. The summed E-state index contributed by atoms with van der Waals surface area (Å²) in [5.74, 6) is 0.970. The molecule has 0 aliphatic heterocycles. The van der Waals surface area contributed by atoms with E-state index >= 15 is 0 Å². The van der Waals surface area contributed by atoms with Crippen molar-refractivity contribution in [3.63, 3.8) is 0 Å². The number of ether oxygens (including phenoxy) is 1. The second-order valence-corrected chi connectivity index (χ2v) is 6.13. The standard InChI is InChI=1S/C13H12BrFN2OS2/c1-18-6-9-12(14)13(19)17-11(16-9)7-20-10-5-3-2-4-8(10)15/h2-5H,6-7H2,1H3,(H,16,17,19). The Labute approximate surface area is 134 Å². The van der Waals surface area contributed by atoms with Crippen LogP contribution in [0.1, 0.15) is 11.5 Å². The molecule has 0 fully saturated rings. The molecule has 0 saturated heterocycles. The van der Waals surface area contributed by atoms with E-state index in [2.05, 4.69) is 25.9 Å². The third kappa shape index (κ3) is 3.88. The fraction of sp³-hybridized carbons (Fsp3) is 0.231. The SMILES string of the molecule is COCc1[nH]c(CSc2ccccc2F)nc(=S)c1Br. The number of H-pyrrole nitrogens is 1. The molecule has 1 N–H and O–H groups in total. The molecule has 1 aromatic heterocycles. The van der Waals surface area contributed by atoms with Crippen LogP contribution in [-0.2, 0) is 17.1 Å². The molecule has 0 atom stereocenters. The van der Waals surface area contributed by atoms with Gasteiger partial charge in [-0.25, -0.2) is 9.37 Å². The van der Waals surface area contributed by atoms with Gasteiger partial charge in [0.05, 0.1) is 22.5 Å². The van der Waals surface area contributed by atoms with Gasteiger partial charge in [0.2, 0.25) is 0 Å². The van der Waals surface area contributed by atoms with Crippen molar-refractivity contribution in [1.29, 1.82) is 0 Å². The zero-order chi connectivity index (χ0) is 14.5. The molecule has 7 heteroatoms. The van der Waals surface area contributed by atoms with Crippen molar-refractivity contribution in [2.24, 2.45) is 0 Å². The first-order chi connectivity index (χ1) is 9.61. The molecule has 0 spiro atoms. The molecule has 0 aliphatic carbocycles. The topological polar surface area (TPSA) is 37.9 Å². The molecule has 0 amide bonds. The summed E-state index contributed by atoms with van der Waals surface area (Å²) < 4.78 is 19.8. The van der Waals surface area contributed by atoms with Gasteiger partial charge in [0.1, 0.15) is 16.3 Å². The molecule has 1 aromatic carbocycles. The number of aromatic nitrogens is 2. The zero-order valence-corrected chi connectivity index (χ0v) is 13.9. The van der Waals surface area contributed by atoms with Crippen molar-refractivity contribution in [3.05, 3.63) is 50.7 Å². The van der Waals surface area contributed by atoms with Crippen molar-refractivity contribution < 1.29 is 9.13 Å². The van der Waals surface area contributed by atoms with Crippen LogP contribution in [0.15, 0.2) is 33.6 Å². The summed E-state index contributed by atoms with van der Waals surface area (Å²) in [7, 11) is 1.61. The molecular weight excluding hydrogens is 363 g/mol. The van der Waals surface area contributed by atoms with E-state index in [0.29, 0.717) is 27.7 Å². The summed E-state index contributed by atoms with van der Waals surface area (Å²) in [4.78, 5) is 8.01. The normalized spacial score (nSPS) is 10.8. The van der Waals surface area contributed by atoms with Gasteiger partial charge in [0, 0.05) is 12.0 Å². The number of methoxy groups -OCH3 is 1. The van der Waals surface area contributed by atoms with E-state index in [0.717, 1.165) is 10.2 Å². The molecule has 0 unspecified atom stereocenters. The van der Waals surface area contributed by atoms with Gasteiger partial charge < -0.3 is 9.72 Å². The summed E-state index contributed by atoms with van der Waals surface area (Å²) in [6.07, 6.45) is 0. The lowest BCUT2D eigenvalue weighted by molar-refractivity contribution is 0.180. The van der Waals surface area contributed by atoms with Crippen molar-refractivity contribution in [2.45, 2.75) is 17.3 Å². The maximum Gasteiger partial charge on any atom is 0.144 e. The number of aromatic amines is 1. The van der Waals surface area contributed by atoms with Crippen LogP contribution in [0.5, 0.6) is 0 Å². The minimum atomic E-state index is -0.231. The average molecular weight is 375 g/mol. The number of halogens is 2. The Balaban J connectivity index is 2.18. The van der Waals surface area contributed by atoms with E-state index in [9.17, 15) is 4.39 Å². The monoisotopic (exact) mass is 374 g/mol. The molecule has 0 radical (unpaired) electrons. The predicted octanol–water partition coefficient (Wildman–Crippen LogP) is 4.48. The van der Waals surface area contributed by atoms with Crippen LogP contribution >= 0.6 is 39.9 Å². The van der Waals surface area contributed by atoms with E-state index in [4.69, 9.17) is 17.0 Å². The first kappa shape index (κ1) is 15.6. The van der Waals surface area contributed by atoms with Crippen LogP contribution in [0.4, 0.5) is 4.39 Å². The van der Waals surface area contributed by atoms with Gasteiger partial charge in [0.15, 0.2) is 0 Å². The lowest BCUT2D eigenvalue weighted by Crippen LogP contribution is -2.02. The van der Waals surface area contributed by atoms with E-state index in [1.54, 1.807) is 25.3 Å². The Morgan fingerprint density at radius 2 is 2.20 bits per heavy atom. The number of nitrogens with one attached hydrogen (secondary N) is 1. The van der Waals surface area contributed by atoms with Crippen molar-refractivity contribution in [1.82, 2.24) is 9.97 Å². The third-order valence-electron chi connectivity index (χ3n) is 2.47. The van der Waals surface area contributed by atoms with Crippen molar-refractivity contribution >= 4 is 39.9 Å². The minimum Gasteiger partial charge on any atom is -0.378 e. The molecule has 0 aliphatic rings. The molecule has 20 heavy (non-hydrogen) atoms. The predicted molar refractivity (Wildman–Crippen MR) is 83.8 cm³/mol. The van der Waals surface area contributed by atoms with Gasteiger partial charge in [-0.1, -0.05) is 24.4 Å². The highest BCUT2D eigenvalue weighted by molar-refractivity contribution is 9.10. The molecule has 0 saturated carbocycles. The number of rotatable bonds is 5. The highest BCUT2D eigenvalue weighted by Gasteiger charge is 2.08. The molecule has 106 valence electrons. The van der Waals surface area contributed by atoms with Gasteiger partial charge in [0.25, 0.3) is 0 Å². The van der Waals surface area contributed by atoms with E-state index in [1.165, 1.54) is 17.8 Å². The molecule has 0 bridgehead atoms. The first-order valence-electron chi connectivity index (χ1n) is 5.75. The van der Waals surface area contributed by atoms with Gasteiger partial charge >= 0.3 is 0 Å². The quantitative estimate of drug-likeness (QED) is 0.618. The van der Waals surface area contributed by atoms with E-state index < -0.39 is 0 Å². The van der Waals surface area contributed by atoms with Crippen LogP contribution in [0.3, 0.4) is 0 Å². The molecule has 2 aromatic rings. The van der Waals surface area contributed by atoms with Crippen LogP contribution in [0, 0.1) is 10.5 Å². The Bertz CT molecular complexity index is 663. The summed E-state index contributed by atoms with van der Waals surface area (Å²) in [6, 6.07) is 6.65.